The number of aliphatic hydroxyl groups is 1. The smallest absolute Gasteiger partial charge is 0.302 e. The lowest BCUT2D eigenvalue weighted by Crippen LogP contribution is -2.40. The largest absolute Gasteiger partial charge is 0.504 e. The molecule has 2 fully saturated rings. The Hall–Kier alpha value is -3.33. The maximum atomic E-state index is 12.5. The number of phenols is 1. The molecule has 0 radical (unpaired) electrons. The van der Waals surface area contributed by atoms with Gasteiger partial charge in [-0.15, -0.1) is 0 Å². The Morgan fingerprint density at radius 3 is 2.44 bits per heavy atom. The van der Waals surface area contributed by atoms with E-state index < -0.39 is 18.2 Å². The molecule has 2 aromatic rings. The van der Waals surface area contributed by atoms with E-state index in [-0.39, 0.29) is 30.2 Å². The summed E-state index contributed by atoms with van der Waals surface area (Å²) in [4.78, 5) is 28.9. The molecule has 45 heavy (non-hydrogen) atoms. The first kappa shape index (κ1) is 34.5. The Bertz CT molecular complexity index is 1300. The van der Waals surface area contributed by atoms with Crippen LogP contribution >= 0.6 is 0 Å². The second-order valence-corrected chi connectivity index (χ2v) is 13.7. The normalized spacial score (nSPS) is 24.6. The first-order chi connectivity index (χ1) is 21.5. The minimum absolute atomic E-state index is 0.00506. The highest BCUT2D eigenvalue weighted by Gasteiger charge is 2.40. The van der Waals surface area contributed by atoms with Gasteiger partial charge in [0.25, 0.3) is 0 Å². The number of pyridine rings is 1. The van der Waals surface area contributed by atoms with Crippen molar-refractivity contribution >= 4 is 17.8 Å². The van der Waals surface area contributed by atoms with Crippen LogP contribution < -0.4 is 10.5 Å². The minimum Gasteiger partial charge on any atom is -0.504 e. The number of nitrogens with two attached hydrogens (primary N) is 1. The first-order valence-corrected chi connectivity index (χ1v) is 16.5. The number of benzene rings is 1. The van der Waals surface area contributed by atoms with Crippen molar-refractivity contribution in [3.8, 4) is 22.6 Å². The highest BCUT2D eigenvalue weighted by atomic mass is 16.6. The summed E-state index contributed by atoms with van der Waals surface area (Å²) in [5.74, 6) is 2.55. The lowest BCUT2D eigenvalue weighted by atomic mass is 9.62. The number of ether oxygens (including phenoxy) is 3. The molecule has 4 rings (SSSR count). The van der Waals surface area contributed by atoms with Crippen LogP contribution in [0.15, 0.2) is 30.5 Å². The number of phenolic OH excluding ortho intramolecular Hbond substituents is 1. The fourth-order valence-corrected chi connectivity index (χ4v) is 8.13. The maximum absolute atomic E-state index is 12.5. The average Bonchev–Trinajstić information content (AvgIpc) is 2.97. The molecule has 4 N–H and O–H groups in total. The number of hydrogen-bond acceptors (Lipinski definition) is 9. The standard InChI is InChI=1S/C36H52N2O7/c1-21(2)31-9-6-24-12-25(20-39)14-29(15-28(31)13-24)34(45-23(4)41)18-30(44-22(3)40)8-7-26-16-35(43-5)33(42)19-32(26)27-10-11-38-36(37)17-27/h10-11,16-17,19,21,24-25,28-31,34,39,42H,6-9,12-15,18,20H2,1-5H3,(H2,37,38)/t24-,25-,28+,29+,30-,31-,34-/m1/s1. The van der Waals surface area contributed by atoms with Crippen LogP contribution in [0, 0.1) is 35.5 Å². The molecule has 0 unspecified atom stereocenters. The molecule has 2 saturated carbocycles. The van der Waals surface area contributed by atoms with Crippen LogP contribution in [0.2, 0.25) is 0 Å². The predicted octanol–water partition coefficient (Wildman–Crippen LogP) is 6.33. The van der Waals surface area contributed by atoms with Gasteiger partial charge in [0.1, 0.15) is 18.0 Å². The van der Waals surface area contributed by atoms with E-state index in [1.54, 1.807) is 24.4 Å². The average molecular weight is 625 g/mol. The van der Waals surface area contributed by atoms with Gasteiger partial charge in [0.2, 0.25) is 0 Å². The van der Waals surface area contributed by atoms with Crippen LogP contribution in [0.4, 0.5) is 5.82 Å². The van der Waals surface area contributed by atoms with Crippen LogP contribution in [0.25, 0.3) is 11.1 Å². The number of aromatic hydroxyl groups is 1. The molecule has 0 spiro atoms. The van der Waals surface area contributed by atoms with Gasteiger partial charge in [0.15, 0.2) is 11.5 Å². The van der Waals surface area contributed by atoms with Crippen molar-refractivity contribution < 1.29 is 34.0 Å². The zero-order chi connectivity index (χ0) is 32.7. The molecular formula is C36H52N2O7. The van der Waals surface area contributed by atoms with Crippen molar-refractivity contribution in [2.24, 2.45) is 35.5 Å². The second-order valence-electron chi connectivity index (χ2n) is 13.7. The van der Waals surface area contributed by atoms with Crippen molar-refractivity contribution in [1.29, 1.82) is 0 Å². The maximum Gasteiger partial charge on any atom is 0.302 e. The molecule has 1 aromatic heterocycles. The number of aliphatic hydroxyl groups excluding tert-OH is 1. The second kappa shape index (κ2) is 15.8. The predicted molar refractivity (Wildman–Crippen MR) is 173 cm³/mol. The van der Waals surface area contributed by atoms with E-state index in [1.807, 2.05) is 6.07 Å². The number of aromatic nitrogens is 1. The van der Waals surface area contributed by atoms with Gasteiger partial charge in [-0.2, -0.15) is 0 Å². The van der Waals surface area contributed by atoms with Crippen LogP contribution in [-0.4, -0.2) is 53.1 Å². The topological polar surface area (TPSA) is 141 Å². The summed E-state index contributed by atoms with van der Waals surface area (Å²) in [6, 6.07) is 7.02. The molecule has 2 aliphatic carbocycles. The number of hydrogen-bond donors (Lipinski definition) is 3. The van der Waals surface area contributed by atoms with Crippen LogP contribution in [0.5, 0.6) is 11.5 Å². The number of nitrogen functional groups attached to an aromatic ring is 1. The van der Waals surface area contributed by atoms with Gasteiger partial charge in [-0.05, 0) is 121 Å². The van der Waals surface area contributed by atoms with Gasteiger partial charge in [-0.25, -0.2) is 4.98 Å². The number of nitrogens with zero attached hydrogens (tertiary/aromatic N) is 1. The van der Waals surface area contributed by atoms with E-state index in [0.29, 0.717) is 54.5 Å². The highest BCUT2D eigenvalue weighted by Crippen LogP contribution is 2.47. The molecule has 9 heteroatoms. The summed E-state index contributed by atoms with van der Waals surface area (Å²) in [7, 11) is 1.50. The molecule has 0 amide bonds. The zero-order valence-electron chi connectivity index (χ0n) is 27.5. The van der Waals surface area contributed by atoms with Crippen molar-refractivity contribution in [2.75, 3.05) is 19.5 Å². The fourth-order valence-electron chi connectivity index (χ4n) is 8.13. The molecule has 0 saturated heterocycles. The Labute approximate surface area is 267 Å². The number of anilines is 1. The molecule has 2 aliphatic rings. The Morgan fingerprint density at radius 1 is 1.04 bits per heavy atom. The third kappa shape index (κ3) is 9.35. The number of rotatable bonds is 12. The molecular weight excluding hydrogens is 572 g/mol. The lowest BCUT2D eigenvalue weighted by Gasteiger charge is -2.45. The highest BCUT2D eigenvalue weighted by molar-refractivity contribution is 5.72. The van der Waals surface area contributed by atoms with Crippen LogP contribution in [0.3, 0.4) is 0 Å². The van der Waals surface area contributed by atoms with E-state index in [1.165, 1.54) is 33.8 Å². The van der Waals surface area contributed by atoms with Gasteiger partial charge >= 0.3 is 11.9 Å². The van der Waals surface area contributed by atoms with E-state index >= 15 is 0 Å². The van der Waals surface area contributed by atoms with Gasteiger partial charge in [0, 0.05) is 33.1 Å². The summed E-state index contributed by atoms with van der Waals surface area (Å²) in [5, 5.41) is 20.9. The van der Waals surface area contributed by atoms with Crippen LogP contribution in [0.1, 0.15) is 84.6 Å². The summed E-state index contributed by atoms with van der Waals surface area (Å²) in [6.07, 6.45) is 8.29. The molecule has 0 aliphatic heterocycles. The Kier molecular flexibility index (Phi) is 12.1. The number of carbonyl (C=O) groups excluding carboxylic acids is 2. The molecule has 1 heterocycles. The lowest BCUT2D eigenvalue weighted by molar-refractivity contribution is -0.157. The number of esters is 2. The third-order valence-corrected chi connectivity index (χ3v) is 10.1. The molecule has 2 bridgehead atoms. The molecule has 1 aromatic carbocycles. The molecule has 248 valence electrons. The summed E-state index contributed by atoms with van der Waals surface area (Å²) >= 11 is 0. The van der Waals surface area contributed by atoms with E-state index in [2.05, 4.69) is 18.8 Å². The third-order valence-electron chi connectivity index (χ3n) is 10.1. The minimum atomic E-state index is -0.514. The Morgan fingerprint density at radius 2 is 1.80 bits per heavy atom. The van der Waals surface area contributed by atoms with E-state index in [0.717, 1.165) is 42.4 Å². The number of methoxy groups -OCH3 is 1. The monoisotopic (exact) mass is 624 g/mol. The van der Waals surface area contributed by atoms with Gasteiger partial charge in [0.05, 0.1) is 7.11 Å². The van der Waals surface area contributed by atoms with Crippen molar-refractivity contribution in [3.63, 3.8) is 0 Å². The zero-order valence-corrected chi connectivity index (χ0v) is 27.5. The number of aryl methyl sites for hydroxylation is 1. The molecule has 7 atom stereocenters. The van der Waals surface area contributed by atoms with Gasteiger partial charge < -0.3 is 30.2 Å². The van der Waals surface area contributed by atoms with Crippen molar-refractivity contribution in [2.45, 2.75) is 97.7 Å². The van der Waals surface area contributed by atoms with Crippen molar-refractivity contribution in [3.05, 3.63) is 36.0 Å². The fraction of sp³-hybridized carbons (Fsp3) is 0.639. The van der Waals surface area contributed by atoms with E-state index in [9.17, 15) is 19.8 Å². The summed E-state index contributed by atoms with van der Waals surface area (Å²) in [6.45, 7) is 7.57. The van der Waals surface area contributed by atoms with Crippen molar-refractivity contribution in [1.82, 2.24) is 4.98 Å². The van der Waals surface area contributed by atoms with Gasteiger partial charge in [-0.3, -0.25) is 9.59 Å². The quantitative estimate of drug-likeness (QED) is 0.231. The van der Waals surface area contributed by atoms with E-state index in [4.69, 9.17) is 19.9 Å². The molecule has 9 nitrogen and oxygen atoms in total. The summed E-state index contributed by atoms with van der Waals surface area (Å²) in [5.41, 5.74) is 8.43. The Balaban J connectivity index is 1.61. The summed E-state index contributed by atoms with van der Waals surface area (Å²) < 4.78 is 17.3. The SMILES string of the molecule is COc1cc(CC[C@H](C[C@@H](OC(C)=O)[C@H]2C[C@H](CO)C[C@H]3CC[C@H](C(C)C)[C@@H](C3)C2)OC(C)=O)c(-c2ccnc(N)c2)cc1O. The number of carbonyl (C=O) groups is 2. The number of fused-ring (bicyclic) bond motifs is 2. The first-order valence-electron chi connectivity index (χ1n) is 16.5. The van der Waals surface area contributed by atoms with Gasteiger partial charge in [-0.1, -0.05) is 20.3 Å². The van der Waals surface area contributed by atoms with Crippen LogP contribution in [-0.2, 0) is 25.5 Å².